The van der Waals surface area contributed by atoms with E-state index in [-0.39, 0.29) is 5.78 Å². The Morgan fingerprint density at radius 1 is 1.42 bits per heavy atom. The standard InChI is InChI=1S/C15H16N2O2/c1-10-6-13(15(10)18)17-4-5-19-14-3-2-11(8-16)7-12(14)9-17/h2-3,6-7H,1,4-5,8-9,16H2. The Balaban J connectivity index is 1.90. The number of nitrogens with two attached hydrogens (primary N) is 1. The first-order chi connectivity index (χ1) is 9.19. The van der Waals surface area contributed by atoms with Crippen molar-refractivity contribution in [3.05, 3.63) is 53.3 Å². The second-order valence-corrected chi connectivity index (χ2v) is 4.80. The quantitative estimate of drug-likeness (QED) is 0.812. The van der Waals surface area contributed by atoms with E-state index >= 15 is 0 Å². The highest BCUT2D eigenvalue weighted by Gasteiger charge is 2.29. The normalized spacial score (nSPS) is 18.2. The molecular weight excluding hydrogens is 240 g/mol. The van der Waals surface area contributed by atoms with Crippen molar-refractivity contribution in [2.75, 3.05) is 13.2 Å². The first-order valence-corrected chi connectivity index (χ1v) is 6.34. The number of hydrogen-bond donors (Lipinski definition) is 1. The van der Waals surface area contributed by atoms with Gasteiger partial charge in [0.15, 0.2) is 0 Å². The van der Waals surface area contributed by atoms with E-state index in [1.54, 1.807) is 0 Å². The molecule has 0 spiro atoms. The number of carbonyl (C=O) groups is 1. The lowest BCUT2D eigenvalue weighted by molar-refractivity contribution is -0.114. The van der Waals surface area contributed by atoms with E-state index in [4.69, 9.17) is 10.5 Å². The van der Waals surface area contributed by atoms with Gasteiger partial charge in [0.25, 0.3) is 0 Å². The van der Waals surface area contributed by atoms with Crippen molar-refractivity contribution in [3.63, 3.8) is 0 Å². The Labute approximate surface area is 112 Å². The van der Waals surface area contributed by atoms with Gasteiger partial charge in [-0.3, -0.25) is 4.79 Å². The third-order valence-electron chi connectivity index (χ3n) is 3.52. The number of fused-ring (bicyclic) bond motifs is 1. The summed E-state index contributed by atoms with van der Waals surface area (Å²) >= 11 is 0. The van der Waals surface area contributed by atoms with Crippen molar-refractivity contribution in [1.29, 1.82) is 0 Å². The molecule has 4 nitrogen and oxygen atoms in total. The van der Waals surface area contributed by atoms with Crippen LogP contribution in [0.2, 0.25) is 0 Å². The van der Waals surface area contributed by atoms with E-state index in [9.17, 15) is 4.79 Å². The van der Waals surface area contributed by atoms with Crippen LogP contribution in [0.15, 0.2) is 42.1 Å². The topological polar surface area (TPSA) is 55.6 Å². The Morgan fingerprint density at radius 3 is 2.95 bits per heavy atom. The summed E-state index contributed by atoms with van der Waals surface area (Å²) in [5.74, 6) is 0.921. The minimum atomic E-state index is 0.0402. The zero-order valence-electron chi connectivity index (χ0n) is 10.7. The van der Waals surface area contributed by atoms with E-state index in [0.717, 1.165) is 22.6 Å². The average molecular weight is 256 g/mol. The van der Waals surface area contributed by atoms with Gasteiger partial charge in [-0.05, 0) is 23.8 Å². The minimum Gasteiger partial charge on any atom is -0.491 e. The van der Waals surface area contributed by atoms with Crippen molar-refractivity contribution in [2.45, 2.75) is 13.1 Å². The van der Waals surface area contributed by atoms with Gasteiger partial charge in [-0.25, -0.2) is 0 Å². The number of ketones is 1. The summed E-state index contributed by atoms with van der Waals surface area (Å²) in [5.41, 5.74) is 9.13. The third-order valence-corrected chi connectivity index (χ3v) is 3.52. The van der Waals surface area contributed by atoms with E-state index in [1.807, 2.05) is 29.2 Å². The molecule has 1 heterocycles. The summed E-state index contributed by atoms with van der Waals surface area (Å²) in [7, 11) is 0. The van der Waals surface area contributed by atoms with Gasteiger partial charge < -0.3 is 15.4 Å². The molecule has 0 amide bonds. The summed E-state index contributed by atoms with van der Waals surface area (Å²) in [5, 5.41) is 0. The molecule has 1 aliphatic carbocycles. The van der Waals surface area contributed by atoms with Crippen LogP contribution in [0.25, 0.3) is 0 Å². The van der Waals surface area contributed by atoms with E-state index in [1.165, 1.54) is 0 Å². The van der Waals surface area contributed by atoms with E-state index < -0.39 is 0 Å². The van der Waals surface area contributed by atoms with Crippen LogP contribution in [0.1, 0.15) is 11.1 Å². The van der Waals surface area contributed by atoms with E-state index in [0.29, 0.717) is 31.8 Å². The van der Waals surface area contributed by atoms with Gasteiger partial charge in [-0.2, -0.15) is 0 Å². The van der Waals surface area contributed by atoms with Gasteiger partial charge >= 0.3 is 0 Å². The molecule has 1 aromatic carbocycles. The summed E-state index contributed by atoms with van der Waals surface area (Å²) in [6.07, 6.45) is 1.83. The monoisotopic (exact) mass is 256 g/mol. The molecule has 0 aromatic heterocycles. The molecule has 2 aliphatic rings. The van der Waals surface area contributed by atoms with Crippen LogP contribution in [0, 0.1) is 0 Å². The maximum absolute atomic E-state index is 11.7. The Kier molecular flexibility index (Phi) is 2.87. The van der Waals surface area contributed by atoms with Crippen LogP contribution >= 0.6 is 0 Å². The van der Waals surface area contributed by atoms with Gasteiger partial charge in [-0.1, -0.05) is 12.6 Å². The lowest BCUT2D eigenvalue weighted by atomic mass is 9.96. The molecule has 0 unspecified atom stereocenters. The molecule has 4 heteroatoms. The summed E-state index contributed by atoms with van der Waals surface area (Å²) in [4.78, 5) is 13.8. The highest BCUT2D eigenvalue weighted by Crippen LogP contribution is 2.29. The van der Waals surface area contributed by atoms with Crippen molar-refractivity contribution >= 4 is 5.78 Å². The SMILES string of the molecule is C=C1C=C(N2CCOc3ccc(CN)cc3C2)C1=O. The molecule has 1 aromatic rings. The Hall–Kier alpha value is -2.07. The predicted octanol–water partition coefficient (Wildman–Crippen LogP) is 1.36. The maximum Gasteiger partial charge on any atom is 0.208 e. The lowest BCUT2D eigenvalue weighted by Gasteiger charge is -2.29. The Bertz CT molecular complexity index is 590. The molecular formula is C15H16N2O2. The number of hydrogen-bond acceptors (Lipinski definition) is 4. The molecule has 0 saturated heterocycles. The van der Waals surface area contributed by atoms with Crippen LogP contribution in [-0.2, 0) is 17.9 Å². The number of allylic oxidation sites excluding steroid dienone is 2. The molecule has 0 bridgehead atoms. The molecule has 1 aliphatic heterocycles. The van der Waals surface area contributed by atoms with Crippen LogP contribution in [0.3, 0.4) is 0 Å². The molecule has 19 heavy (non-hydrogen) atoms. The molecule has 2 N–H and O–H groups in total. The molecule has 0 saturated carbocycles. The zero-order valence-corrected chi connectivity index (χ0v) is 10.7. The van der Waals surface area contributed by atoms with Crippen LogP contribution in [-0.4, -0.2) is 23.8 Å². The Morgan fingerprint density at radius 2 is 2.26 bits per heavy atom. The van der Waals surface area contributed by atoms with E-state index in [2.05, 4.69) is 6.58 Å². The fraction of sp³-hybridized carbons (Fsp3) is 0.267. The highest BCUT2D eigenvalue weighted by atomic mass is 16.5. The van der Waals surface area contributed by atoms with Gasteiger partial charge in [0.1, 0.15) is 12.4 Å². The number of nitrogens with zero attached hydrogens (tertiary/aromatic N) is 1. The first kappa shape index (κ1) is 12.0. The van der Waals surface area contributed by atoms with Gasteiger partial charge in [-0.15, -0.1) is 0 Å². The second-order valence-electron chi connectivity index (χ2n) is 4.80. The fourth-order valence-corrected chi connectivity index (χ4v) is 2.40. The van der Waals surface area contributed by atoms with Crippen molar-refractivity contribution in [1.82, 2.24) is 4.90 Å². The lowest BCUT2D eigenvalue weighted by Crippen LogP contribution is -2.34. The number of rotatable bonds is 2. The molecule has 0 fully saturated rings. The largest absolute Gasteiger partial charge is 0.491 e. The van der Waals surface area contributed by atoms with Gasteiger partial charge in [0, 0.05) is 24.2 Å². The van der Waals surface area contributed by atoms with Crippen molar-refractivity contribution in [2.24, 2.45) is 5.73 Å². The van der Waals surface area contributed by atoms with Crippen molar-refractivity contribution < 1.29 is 9.53 Å². The molecule has 0 radical (unpaired) electrons. The fourth-order valence-electron chi connectivity index (χ4n) is 2.40. The smallest absolute Gasteiger partial charge is 0.208 e. The highest BCUT2D eigenvalue weighted by molar-refractivity contribution is 6.16. The number of carbonyl (C=O) groups excluding carboxylic acids is 1. The minimum absolute atomic E-state index is 0.0402. The predicted molar refractivity (Wildman–Crippen MR) is 72.5 cm³/mol. The molecule has 98 valence electrons. The first-order valence-electron chi connectivity index (χ1n) is 6.34. The zero-order chi connectivity index (χ0) is 13.4. The third kappa shape index (κ3) is 2.04. The summed E-state index contributed by atoms with van der Waals surface area (Å²) < 4.78 is 5.72. The van der Waals surface area contributed by atoms with Crippen LogP contribution in [0.5, 0.6) is 5.75 Å². The van der Waals surface area contributed by atoms with Gasteiger partial charge in [0.2, 0.25) is 5.78 Å². The molecule has 3 rings (SSSR count). The molecule has 0 atom stereocenters. The van der Waals surface area contributed by atoms with Gasteiger partial charge in [0.05, 0.1) is 12.2 Å². The van der Waals surface area contributed by atoms with Crippen LogP contribution < -0.4 is 10.5 Å². The van der Waals surface area contributed by atoms with Crippen LogP contribution in [0.4, 0.5) is 0 Å². The summed E-state index contributed by atoms with van der Waals surface area (Å²) in [6, 6.07) is 5.98. The van der Waals surface area contributed by atoms with Crippen molar-refractivity contribution in [3.8, 4) is 5.75 Å². The number of ether oxygens (including phenoxy) is 1. The number of Topliss-reactive ketones (excluding diaryl/α,β-unsaturated/α-hetero) is 1. The maximum atomic E-state index is 11.7. The second kappa shape index (κ2) is 4.55. The number of benzene rings is 1. The average Bonchev–Trinajstić information content (AvgIpc) is 2.64. The summed E-state index contributed by atoms with van der Waals surface area (Å²) in [6.45, 7) is 6.14.